The number of para-hydroxylation sites is 1. The second kappa shape index (κ2) is 4.09. The highest BCUT2D eigenvalue weighted by Gasteiger charge is 2.34. The van der Waals surface area contributed by atoms with Crippen molar-refractivity contribution in [3.63, 3.8) is 0 Å². The van der Waals surface area contributed by atoms with Gasteiger partial charge in [-0.3, -0.25) is 0 Å². The van der Waals surface area contributed by atoms with Crippen LogP contribution in [0.1, 0.15) is 16.2 Å². The standard InChI is InChI=1S/C10H4ClF3N2O2/c11-7-4-2-1-3-5(10(12,13)14)6(4)15-8(16-7)9(17)18/h1-3H,(H,17,18). The van der Waals surface area contributed by atoms with Crippen molar-refractivity contribution in [2.24, 2.45) is 0 Å². The molecule has 0 aliphatic heterocycles. The van der Waals surface area contributed by atoms with Crippen LogP contribution in [0.3, 0.4) is 0 Å². The first kappa shape index (κ1) is 12.6. The topological polar surface area (TPSA) is 63.1 Å². The SMILES string of the molecule is O=C(O)c1nc(Cl)c2cccc(C(F)(F)F)c2n1. The molecule has 1 aromatic heterocycles. The Labute approximate surface area is 103 Å². The van der Waals surface area contributed by atoms with Crippen molar-refractivity contribution in [3.8, 4) is 0 Å². The van der Waals surface area contributed by atoms with Gasteiger partial charge in [0.05, 0.1) is 11.1 Å². The molecule has 0 aliphatic rings. The maximum absolute atomic E-state index is 12.7. The number of aromatic carboxylic acids is 1. The molecule has 94 valence electrons. The van der Waals surface area contributed by atoms with Crippen molar-refractivity contribution in [1.29, 1.82) is 0 Å². The maximum atomic E-state index is 12.7. The molecule has 0 unspecified atom stereocenters. The third-order valence-electron chi connectivity index (χ3n) is 2.18. The summed E-state index contributed by atoms with van der Waals surface area (Å²) in [6.07, 6.45) is -4.65. The number of alkyl halides is 3. The second-order valence-corrected chi connectivity index (χ2v) is 3.70. The lowest BCUT2D eigenvalue weighted by Crippen LogP contribution is -2.10. The van der Waals surface area contributed by atoms with Gasteiger partial charge in [0.1, 0.15) is 5.15 Å². The van der Waals surface area contributed by atoms with E-state index in [0.29, 0.717) is 0 Å². The Hall–Kier alpha value is -1.89. The number of halogens is 4. The van der Waals surface area contributed by atoms with Gasteiger partial charge in [0.25, 0.3) is 0 Å². The van der Waals surface area contributed by atoms with Crippen LogP contribution in [-0.2, 0) is 6.18 Å². The van der Waals surface area contributed by atoms with E-state index < -0.39 is 29.1 Å². The van der Waals surface area contributed by atoms with Crippen LogP contribution in [0.25, 0.3) is 10.9 Å². The van der Waals surface area contributed by atoms with Crippen molar-refractivity contribution in [2.75, 3.05) is 0 Å². The molecule has 0 amide bonds. The summed E-state index contributed by atoms with van der Waals surface area (Å²) >= 11 is 5.65. The third-order valence-corrected chi connectivity index (χ3v) is 2.46. The molecular weight excluding hydrogens is 273 g/mol. The van der Waals surface area contributed by atoms with E-state index in [1.165, 1.54) is 6.07 Å². The molecule has 0 saturated heterocycles. The zero-order valence-electron chi connectivity index (χ0n) is 8.49. The fraction of sp³-hybridized carbons (Fsp3) is 0.100. The molecule has 18 heavy (non-hydrogen) atoms. The van der Waals surface area contributed by atoms with Crippen LogP contribution in [0.5, 0.6) is 0 Å². The molecule has 4 nitrogen and oxygen atoms in total. The second-order valence-electron chi connectivity index (χ2n) is 3.34. The van der Waals surface area contributed by atoms with Gasteiger partial charge in [0.15, 0.2) is 0 Å². The number of hydrogen-bond donors (Lipinski definition) is 1. The van der Waals surface area contributed by atoms with Gasteiger partial charge in [-0.25, -0.2) is 14.8 Å². The van der Waals surface area contributed by atoms with Crippen LogP contribution >= 0.6 is 11.6 Å². The van der Waals surface area contributed by atoms with E-state index in [1.807, 2.05) is 0 Å². The Balaban J connectivity index is 2.86. The van der Waals surface area contributed by atoms with Crippen LogP contribution in [0, 0.1) is 0 Å². The normalized spacial score (nSPS) is 11.8. The molecule has 1 heterocycles. The van der Waals surface area contributed by atoms with Crippen molar-refractivity contribution >= 4 is 28.5 Å². The van der Waals surface area contributed by atoms with Gasteiger partial charge in [-0.2, -0.15) is 13.2 Å². The molecule has 0 fully saturated rings. The molecule has 8 heteroatoms. The average Bonchev–Trinajstić information content (AvgIpc) is 2.26. The van der Waals surface area contributed by atoms with Crippen molar-refractivity contribution < 1.29 is 23.1 Å². The van der Waals surface area contributed by atoms with Gasteiger partial charge in [0.2, 0.25) is 5.82 Å². The van der Waals surface area contributed by atoms with Crippen LogP contribution in [0.15, 0.2) is 18.2 Å². The first-order valence-corrected chi connectivity index (χ1v) is 4.95. The third kappa shape index (κ3) is 2.08. The van der Waals surface area contributed by atoms with Gasteiger partial charge < -0.3 is 5.11 Å². The van der Waals surface area contributed by atoms with Crippen LogP contribution in [0.4, 0.5) is 13.2 Å². The largest absolute Gasteiger partial charge is 0.475 e. The summed E-state index contributed by atoms with van der Waals surface area (Å²) in [6.45, 7) is 0. The fourth-order valence-electron chi connectivity index (χ4n) is 1.44. The van der Waals surface area contributed by atoms with Crippen molar-refractivity contribution in [1.82, 2.24) is 9.97 Å². The Kier molecular flexibility index (Phi) is 2.86. The van der Waals surface area contributed by atoms with E-state index in [2.05, 4.69) is 9.97 Å². The minimum absolute atomic E-state index is 0.0449. The zero-order chi connectivity index (χ0) is 13.5. The predicted octanol–water partition coefficient (Wildman–Crippen LogP) is 3.00. The number of benzene rings is 1. The number of carbonyl (C=O) groups is 1. The van der Waals surface area contributed by atoms with Crippen molar-refractivity contribution in [3.05, 3.63) is 34.7 Å². The van der Waals surface area contributed by atoms with E-state index in [1.54, 1.807) is 0 Å². The summed E-state index contributed by atoms with van der Waals surface area (Å²) in [4.78, 5) is 17.5. The van der Waals surface area contributed by atoms with E-state index >= 15 is 0 Å². The molecule has 2 aromatic rings. The van der Waals surface area contributed by atoms with Crippen LogP contribution in [0.2, 0.25) is 5.15 Å². The monoisotopic (exact) mass is 276 g/mol. The highest BCUT2D eigenvalue weighted by molar-refractivity contribution is 6.34. The summed E-state index contributed by atoms with van der Waals surface area (Å²) in [7, 11) is 0. The summed E-state index contributed by atoms with van der Waals surface area (Å²) < 4.78 is 38.2. The molecule has 0 radical (unpaired) electrons. The average molecular weight is 277 g/mol. The minimum atomic E-state index is -4.65. The van der Waals surface area contributed by atoms with Gasteiger partial charge in [-0.05, 0) is 12.1 Å². The molecule has 0 atom stereocenters. The van der Waals surface area contributed by atoms with E-state index in [0.717, 1.165) is 12.1 Å². The van der Waals surface area contributed by atoms with Crippen LogP contribution < -0.4 is 0 Å². The highest BCUT2D eigenvalue weighted by Crippen LogP contribution is 2.35. The Morgan fingerprint density at radius 3 is 2.50 bits per heavy atom. The zero-order valence-corrected chi connectivity index (χ0v) is 9.25. The molecule has 0 spiro atoms. The van der Waals surface area contributed by atoms with Crippen LogP contribution in [-0.4, -0.2) is 21.0 Å². The molecule has 0 bridgehead atoms. The molecule has 0 aliphatic carbocycles. The maximum Gasteiger partial charge on any atom is 0.418 e. The first-order chi connectivity index (χ1) is 8.30. The summed E-state index contributed by atoms with van der Waals surface area (Å²) in [6, 6.07) is 3.25. The Bertz CT molecular complexity index is 643. The van der Waals surface area contributed by atoms with Gasteiger partial charge >= 0.3 is 12.1 Å². The van der Waals surface area contributed by atoms with Crippen molar-refractivity contribution in [2.45, 2.75) is 6.18 Å². The summed E-state index contributed by atoms with van der Waals surface area (Å²) in [5.74, 6) is -2.32. The molecule has 1 N–H and O–H groups in total. The number of fused-ring (bicyclic) bond motifs is 1. The highest BCUT2D eigenvalue weighted by atomic mass is 35.5. The minimum Gasteiger partial charge on any atom is -0.475 e. The molecule has 2 rings (SSSR count). The lowest BCUT2D eigenvalue weighted by atomic mass is 10.1. The van der Waals surface area contributed by atoms with Gasteiger partial charge in [0, 0.05) is 5.39 Å². The summed E-state index contributed by atoms with van der Waals surface area (Å²) in [5.41, 5.74) is -1.57. The Morgan fingerprint density at radius 2 is 1.94 bits per heavy atom. The Morgan fingerprint density at radius 1 is 1.28 bits per heavy atom. The lowest BCUT2D eigenvalue weighted by Gasteiger charge is -2.10. The lowest BCUT2D eigenvalue weighted by molar-refractivity contribution is -0.136. The smallest absolute Gasteiger partial charge is 0.418 e. The molecule has 1 aromatic carbocycles. The van der Waals surface area contributed by atoms with Gasteiger partial charge in [-0.15, -0.1) is 0 Å². The number of aromatic nitrogens is 2. The number of rotatable bonds is 1. The number of hydrogen-bond acceptors (Lipinski definition) is 3. The van der Waals surface area contributed by atoms with E-state index in [4.69, 9.17) is 16.7 Å². The number of carboxylic acid groups (broad SMARTS) is 1. The fourth-order valence-corrected chi connectivity index (χ4v) is 1.67. The number of nitrogens with zero attached hydrogens (tertiary/aromatic N) is 2. The number of carboxylic acids is 1. The molecular formula is C10H4ClF3N2O2. The molecule has 0 saturated carbocycles. The summed E-state index contributed by atoms with van der Waals surface area (Å²) in [5, 5.41) is 8.32. The first-order valence-electron chi connectivity index (χ1n) is 4.57. The van der Waals surface area contributed by atoms with Gasteiger partial charge in [-0.1, -0.05) is 17.7 Å². The van der Waals surface area contributed by atoms with E-state index in [9.17, 15) is 18.0 Å². The quantitative estimate of drug-likeness (QED) is 0.813. The predicted molar refractivity (Wildman–Crippen MR) is 56.5 cm³/mol. The van der Waals surface area contributed by atoms with E-state index in [-0.39, 0.29) is 10.5 Å².